The van der Waals surface area contributed by atoms with Gasteiger partial charge in [-0.2, -0.15) is 18.7 Å². The number of piperidine rings is 1. The van der Waals surface area contributed by atoms with Gasteiger partial charge >= 0.3 is 6.01 Å². The van der Waals surface area contributed by atoms with Crippen molar-refractivity contribution in [1.29, 1.82) is 0 Å². The number of terminal acetylenes is 1. The number of aromatic nitrogens is 3. The number of hydrogen-bond donors (Lipinski definition) is 0. The molecule has 1 saturated carbocycles. The zero-order valence-electron chi connectivity index (χ0n) is 28.0. The van der Waals surface area contributed by atoms with Gasteiger partial charge in [-0.1, -0.05) is 12.0 Å². The van der Waals surface area contributed by atoms with E-state index in [4.69, 9.17) is 25.6 Å². The van der Waals surface area contributed by atoms with Gasteiger partial charge < -0.3 is 19.1 Å². The SMILES string of the molecule is C#Cc1c(F)ccc2cc(OCOC)cc(-c3nc4c5c(nc(OC[C@@]67CCCN6C[C@H](F)C7)nc5c3F)N3C[C@H]5CC[C@H](C5)[C@H]3CC4(F)F)c12. The van der Waals surface area contributed by atoms with Crippen molar-refractivity contribution in [2.24, 2.45) is 11.8 Å². The van der Waals surface area contributed by atoms with Crippen LogP contribution in [-0.4, -0.2) is 77.7 Å². The van der Waals surface area contributed by atoms with E-state index in [1.165, 1.54) is 25.3 Å². The van der Waals surface area contributed by atoms with Gasteiger partial charge in [-0.25, -0.2) is 18.2 Å². The van der Waals surface area contributed by atoms with Gasteiger partial charge in [-0.3, -0.25) is 4.90 Å². The number of alkyl halides is 3. The molecule has 0 amide bonds. The van der Waals surface area contributed by atoms with Crippen molar-refractivity contribution >= 4 is 27.5 Å². The highest BCUT2D eigenvalue weighted by Gasteiger charge is 2.52. The monoisotopic (exact) mass is 705 g/mol. The van der Waals surface area contributed by atoms with E-state index in [0.29, 0.717) is 24.9 Å². The number of rotatable bonds is 7. The molecule has 1 aliphatic carbocycles. The van der Waals surface area contributed by atoms with E-state index in [2.05, 4.69) is 20.8 Å². The van der Waals surface area contributed by atoms with Crippen LogP contribution in [0.15, 0.2) is 24.3 Å². The first kappa shape index (κ1) is 32.6. The topological polar surface area (TPSA) is 72.8 Å². The first-order valence-electron chi connectivity index (χ1n) is 17.5. The molecule has 4 aliphatic heterocycles. The van der Waals surface area contributed by atoms with Gasteiger partial charge in [-0.15, -0.1) is 6.42 Å². The Hall–Kier alpha value is -4.28. The van der Waals surface area contributed by atoms with Crippen molar-refractivity contribution in [3.05, 3.63) is 47.2 Å². The molecule has 51 heavy (non-hydrogen) atoms. The molecule has 8 nitrogen and oxygen atoms in total. The molecule has 9 rings (SSSR count). The number of anilines is 1. The second-order valence-corrected chi connectivity index (χ2v) is 14.8. The minimum atomic E-state index is -3.50. The summed E-state index contributed by atoms with van der Waals surface area (Å²) in [5, 5.41) is 0.317. The van der Waals surface area contributed by atoms with Crippen LogP contribution in [-0.2, 0) is 10.7 Å². The van der Waals surface area contributed by atoms with Crippen LogP contribution in [0.4, 0.5) is 27.8 Å². The van der Waals surface area contributed by atoms with Gasteiger partial charge in [0.05, 0.1) is 16.5 Å². The average Bonchev–Trinajstić information content (AvgIpc) is 3.77. The molecule has 13 heteroatoms. The quantitative estimate of drug-likeness (QED) is 0.114. The van der Waals surface area contributed by atoms with Crippen LogP contribution in [0.5, 0.6) is 11.8 Å². The van der Waals surface area contributed by atoms with Gasteiger partial charge in [0.25, 0.3) is 5.92 Å². The smallest absolute Gasteiger partial charge is 0.319 e. The molecule has 5 atom stereocenters. The van der Waals surface area contributed by atoms with Crippen molar-refractivity contribution in [1.82, 2.24) is 19.9 Å². The van der Waals surface area contributed by atoms with E-state index in [0.717, 1.165) is 38.6 Å². The Morgan fingerprint density at radius 2 is 1.90 bits per heavy atom. The van der Waals surface area contributed by atoms with E-state index in [9.17, 15) is 4.39 Å². The number of fused-ring (bicyclic) bond motifs is 7. The molecule has 6 heterocycles. The molecule has 0 spiro atoms. The number of halogens is 5. The summed E-state index contributed by atoms with van der Waals surface area (Å²) in [4.78, 5) is 17.6. The number of hydrogen-bond acceptors (Lipinski definition) is 8. The lowest BCUT2D eigenvalue weighted by molar-refractivity contribution is -0.0281. The third-order valence-corrected chi connectivity index (χ3v) is 11.8. The Morgan fingerprint density at radius 1 is 1.04 bits per heavy atom. The maximum atomic E-state index is 17.3. The fourth-order valence-corrected chi connectivity index (χ4v) is 9.63. The predicted octanol–water partition coefficient (Wildman–Crippen LogP) is 7.14. The van der Waals surface area contributed by atoms with Crippen molar-refractivity contribution in [2.45, 2.75) is 68.6 Å². The van der Waals surface area contributed by atoms with E-state index < -0.39 is 53.1 Å². The Labute approximate surface area is 291 Å². The minimum absolute atomic E-state index is 0.00766. The number of nitrogens with zero attached hydrogens (tertiary/aromatic N) is 5. The van der Waals surface area contributed by atoms with Crippen molar-refractivity contribution in [2.75, 3.05) is 45.0 Å². The highest BCUT2D eigenvalue weighted by Crippen LogP contribution is 2.53. The zero-order valence-corrected chi connectivity index (χ0v) is 28.0. The summed E-state index contributed by atoms with van der Waals surface area (Å²) in [7, 11) is 1.43. The standard InChI is InChI=1S/C38H36F5N5O3/c1-3-25-27(40)8-7-22-12-24(51-19-49-2)13-26(29(22)25)32-31(41)33-30-34(44-32)38(42,43)15-28-21-6-5-20(11-21)16-48(28)35(30)46-36(45-33)50-18-37-9-4-10-47(37)17-23(39)14-37/h1,7-8,12-13,20-21,23,28H,4-6,9-11,14-19H2,2H3/t20-,21+,23+,28+,37-/m0/s1. The molecule has 0 N–H and O–H groups in total. The average molecular weight is 706 g/mol. The number of ether oxygens (including phenoxy) is 3. The summed E-state index contributed by atoms with van der Waals surface area (Å²) < 4.78 is 97.7. The van der Waals surface area contributed by atoms with Crippen LogP contribution in [0.1, 0.15) is 56.2 Å². The van der Waals surface area contributed by atoms with Crippen LogP contribution < -0.4 is 14.4 Å². The molecule has 5 aliphatic rings. The number of pyridine rings is 1. The molecule has 2 aromatic carbocycles. The fourth-order valence-electron chi connectivity index (χ4n) is 9.63. The highest BCUT2D eigenvalue weighted by atomic mass is 19.3. The molecule has 4 fully saturated rings. The Balaban J connectivity index is 1.28. The molecule has 4 aromatic rings. The second-order valence-electron chi connectivity index (χ2n) is 14.8. The van der Waals surface area contributed by atoms with Crippen LogP contribution in [0.2, 0.25) is 0 Å². The normalized spacial score (nSPS) is 27.7. The Kier molecular flexibility index (Phi) is 7.60. The number of benzene rings is 2. The molecule has 2 bridgehead atoms. The first-order chi connectivity index (χ1) is 24.6. The summed E-state index contributed by atoms with van der Waals surface area (Å²) >= 11 is 0. The summed E-state index contributed by atoms with van der Waals surface area (Å²) in [6, 6.07) is 4.86. The molecular formula is C38H36F5N5O3. The lowest BCUT2D eigenvalue weighted by atomic mass is 9.87. The van der Waals surface area contributed by atoms with Crippen molar-refractivity contribution in [3.63, 3.8) is 0 Å². The maximum Gasteiger partial charge on any atom is 0.319 e. The van der Waals surface area contributed by atoms with E-state index >= 15 is 17.6 Å². The van der Waals surface area contributed by atoms with Gasteiger partial charge in [0.15, 0.2) is 12.6 Å². The van der Waals surface area contributed by atoms with Crippen LogP contribution >= 0.6 is 0 Å². The van der Waals surface area contributed by atoms with Crippen molar-refractivity contribution in [3.8, 4) is 35.4 Å². The minimum Gasteiger partial charge on any atom is -0.468 e. The lowest BCUT2D eigenvalue weighted by Gasteiger charge is -2.41. The molecule has 3 saturated heterocycles. The Morgan fingerprint density at radius 3 is 2.73 bits per heavy atom. The third kappa shape index (κ3) is 5.11. The van der Waals surface area contributed by atoms with Gasteiger partial charge in [0.1, 0.15) is 47.1 Å². The lowest BCUT2D eigenvalue weighted by Crippen LogP contribution is -2.47. The fraction of sp³-hybridized carbons (Fsp3) is 0.500. The third-order valence-electron chi connectivity index (χ3n) is 11.8. The summed E-state index contributed by atoms with van der Waals surface area (Å²) in [6.07, 6.45) is 8.71. The van der Waals surface area contributed by atoms with Crippen LogP contribution in [0.25, 0.3) is 32.9 Å². The van der Waals surface area contributed by atoms with Crippen LogP contribution in [0, 0.1) is 35.8 Å². The largest absolute Gasteiger partial charge is 0.468 e. The van der Waals surface area contributed by atoms with E-state index in [-0.39, 0.29) is 70.2 Å². The van der Waals surface area contributed by atoms with Crippen LogP contribution in [0.3, 0.4) is 0 Å². The van der Waals surface area contributed by atoms with E-state index in [1.54, 1.807) is 6.07 Å². The van der Waals surface area contributed by atoms with Gasteiger partial charge in [-0.05, 0) is 74.1 Å². The zero-order chi connectivity index (χ0) is 35.2. The summed E-state index contributed by atoms with van der Waals surface area (Å²) in [5.41, 5.74) is -2.30. The highest BCUT2D eigenvalue weighted by molar-refractivity contribution is 6.03. The van der Waals surface area contributed by atoms with Gasteiger partial charge in [0, 0.05) is 50.0 Å². The maximum absolute atomic E-state index is 17.3. The molecule has 0 radical (unpaired) electrons. The number of methoxy groups -OCH3 is 1. The summed E-state index contributed by atoms with van der Waals surface area (Å²) in [5.74, 6) is -2.25. The first-order valence-corrected chi connectivity index (χ1v) is 17.5. The second kappa shape index (κ2) is 11.9. The molecule has 0 unspecified atom stereocenters. The molecule has 266 valence electrons. The van der Waals surface area contributed by atoms with Crippen molar-refractivity contribution < 1.29 is 36.2 Å². The van der Waals surface area contributed by atoms with Gasteiger partial charge in [0.2, 0.25) is 0 Å². The predicted molar refractivity (Wildman–Crippen MR) is 180 cm³/mol. The molecular weight excluding hydrogens is 669 g/mol. The van der Waals surface area contributed by atoms with E-state index in [1.807, 2.05) is 4.90 Å². The summed E-state index contributed by atoms with van der Waals surface area (Å²) in [6.45, 7) is 1.46. The molecule has 2 aromatic heterocycles. The Bertz CT molecular complexity index is 2130.